The maximum absolute atomic E-state index is 12.4. The van der Waals surface area contributed by atoms with Crippen molar-refractivity contribution in [2.24, 2.45) is 0 Å². The molecule has 3 nitrogen and oxygen atoms in total. The standard InChI is InChI=1S/C15H18N2O/c1-3-5-11-16-13-9-7-8-10-14(13)17(15(16)18)12-6-4-2/h3-10H,11-12H2,1-2H3/b5-3+,6-4+. The summed E-state index contributed by atoms with van der Waals surface area (Å²) in [6.07, 6.45) is 7.91. The SMILES string of the molecule is C/C=C/Cn1c(=O)n(C/C=C/C)c2ccccc21. The van der Waals surface area contributed by atoms with Crippen molar-refractivity contribution >= 4 is 11.0 Å². The van der Waals surface area contributed by atoms with Crippen LogP contribution in [0.5, 0.6) is 0 Å². The lowest BCUT2D eigenvalue weighted by molar-refractivity contribution is 0.717. The number of para-hydroxylation sites is 2. The van der Waals surface area contributed by atoms with E-state index < -0.39 is 0 Å². The minimum Gasteiger partial charge on any atom is -0.288 e. The predicted molar refractivity (Wildman–Crippen MR) is 75.8 cm³/mol. The molecule has 0 aliphatic carbocycles. The Morgan fingerprint density at radius 1 is 0.944 bits per heavy atom. The van der Waals surface area contributed by atoms with E-state index in [9.17, 15) is 4.79 Å². The van der Waals surface area contributed by atoms with Crippen molar-refractivity contribution in [2.75, 3.05) is 0 Å². The molecular formula is C15H18N2O. The molecule has 0 aliphatic heterocycles. The minimum atomic E-state index is 0.0485. The topological polar surface area (TPSA) is 26.9 Å². The van der Waals surface area contributed by atoms with Crippen molar-refractivity contribution < 1.29 is 0 Å². The largest absolute Gasteiger partial charge is 0.329 e. The Hall–Kier alpha value is -2.03. The first-order chi connectivity index (χ1) is 8.79. The molecule has 1 heterocycles. The number of rotatable bonds is 4. The number of nitrogens with zero attached hydrogens (tertiary/aromatic N) is 2. The van der Waals surface area contributed by atoms with Crippen LogP contribution >= 0.6 is 0 Å². The predicted octanol–water partition coefficient (Wildman–Crippen LogP) is 2.96. The van der Waals surface area contributed by atoms with E-state index in [2.05, 4.69) is 0 Å². The van der Waals surface area contributed by atoms with Crippen LogP contribution in [-0.2, 0) is 13.1 Å². The van der Waals surface area contributed by atoms with Crippen molar-refractivity contribution in [1.82, 2.24) is 9.13 Å². The van der Waals surface area contributed by atoms with E-state index in [1.165, 1.54) is 0 Å². The zero-order valence-electron chi connectivity index (χ0n) is 10.8. The van der Waals surface area contributed by atoms with Crippen LogP contribution in [0, 0.1) is 0 Å². The highest BCUT2D eigenvalue weighted by molar-refractivity contribution is 5.76. The van der Waals surface area contributed by atoms with Gasteiger partial charge >= 0.3 is 5.69 Å². The molecule has 2 aromatic rings. The van der Waals surface area contributed by atoms with Crippen molar-refractivity contribution in [3.8, 4) is 0 Å². The van der Waals surface area contributed by atoms with Gasteiger partial charge in [0.1, 0.15) is 0 Å². The van der Waals surface area contributed by atoms with Crippen molar-refractivity contribution in [3.63, 3.8) is 0 Å². The lowest BCUT2D eigenvalue weighted by Crippen LogP contribution is -2.23. The molecule has 0 atom stereocenters. The molecule has 3 heteroatoms. The van der Waals surface area contributed by atoms with Crippen LogP contribution in [0.1, 0.15) is 13.8 Å². The maximum atomic E-state index is 12.4. The molecular weight excluding hydrogens is 224 g/mol. The maximum Gasteiger partial charge on any atom is 0.329 e. The zero-order chi connectivity index (χ0) is 13.0. The quantitative estimate of drug-likeness (QED) is 0.757. The summed E-state index contributed by atoms with van der Waals surface area (Å²) in [5, 5.41) is 0. The van der Waals surface area contributed by atoms with Crippen molar-refractivity contribution in [2.45, 2.75) is 26.9 Å². The molecule has 0 spiro atoms. The highest BCUT2D eigenvalue weighted by Crippen LogP contribution is 2.12. The summed E-state index contributed by atoms with van der Waals surface area (Å²) in [5.41, 5.74) is 2.03. The summed E-state index contributed by atoms with van der Waals surface area (Å²) in [4.78, 5) is 12.4. The van der Waals surface area contributed by atoms with E-state index in [0.717, 1.165) is 11.0 Å². The average molecular weight is 242 g/mol. The number of fused-ring (bicyclic) bond motifs is 1. The molecule has 18 heavy (non-hydrogen) atoms. The van der Waals surface area contributed by atoms with Gasteiger partial charge in [0.25, 0.3) is 0 Å². The molecule has 2 rings (SSSR count). The molecule has 0 amide bonds. The third kappa shape index (κ3) is 2.16. The number of benzene rings is 1. The van der Waals surface area contributed by atoms with E-state index in [1.54, 1.807) is 9.13 Å². The third-order valence-corrected chi connectivity index (χ3v) is 2.97. The fraction of sp³-hybridized carbons (Fsp3) is 0.267. The molecule has 0 bridgehead atoms. The van der Waals surface area contributed by atoms with Gasteiger partial charge in [-0.05, 0) is 26.0 Å². The fourth-order valence-electron chi connectivity index (χ4n) is 2.05. The van der Waals surface area contributed by atoms with E-state index in [4.69, 9.17) is 0 Å². The summed E-state index contributed by atoms with van der Waals surface area (Å²) >= 11 is 0. The van der Waals surface area contributed by atoms with Gasteiger partial charge in [0.15, 0.2) is 0 Å². The fourth-order valence-corrected chi connectivity index (χ4v) is 2.05. The van der Waals surface area contributed by atoms with Crippen LogP contribution in [0.25, 0.3) is 11.0 Å². The van der Waals surface area contributed by atoms with Gasteiger partial charge < -0.3 is 0 Å². The Morgan fingerprint density at radius 2 is 1.39 bits per heavy atom. The third-order valence-electron chi connectivity index (χ3n) is 2.97. The van der Waals surface area contributed by atoms with Gasteiger partial charge in [-0.25, -0.2) is 4.79 Å². The average Bonchev–Trinajstić information content (AvgIpc) is 2.66. The summed E-state index contributed by atoms with van der Waals surface area (Å²) in [6, 6.07) is 7.92. The number of aromatic nitrogens is 2. The second-order valence-corrected chi connectivity index (χ2v) is 4.13. The van der Waals surface area contributed by atoms with Crippen LogP contribution in [0.3, 0.4) is 0 Å². The molecule has 0 radical (unpaired) electrons. The van der Waals surface area contributed by atoms with Crippen LogP contribution in [0.4, 0.5) is 0 Å². The summed E-state index contributed by atoms with van der Waals surface area (Å²) in [5.74, 6) is 0. The molecule has 0 unspecified atom stereocenters. The van der Waals surface area contributed by atoms with Gasteiger partial charge in [0.2, 0.25) is 0 Å². The molecule has 0 fully saturated rings. The zero-order valence-corrected chi connectivity index (χ0v) is 10.8. The Balaban J connectivity index is 2.63. The first kappa shape index (κ1) is 12.4. The van der Waals surface area contributed by atoms with E-state index in [1.807, 2.05) is 62.4 Å². The minimum absolute atomic E-state index is 0.0485. The van der Waals surface area contributed by atoms with Crippen molar-refractivity contribution in [1.29, 1.82) is 0 Å². The molecule has 0 saturated carbocycles. The summed E-state index contributed by atoms with van der Waals surface area (Å²) in [6.45, 7) is 5.17. The smallest absolute Gasteiger partial charge is 0.288 e. The van der Waals surface area contributed by atoms with Crippen LogP contribution in [0.15, 0.2) is 53.4 Å². The number of hydrogen-bond donors (Lipinski definition) is 0. The Morgan fingerprint density at radius 3 is 1.78 bits per heavy atom. The second kappa shape index (κ2) is 5.54. The van der Waals surface area contributed by atoms with Gasteiger partial charge in [0, 0.05) is 13.1 Å². The van der Waals surface area contributed by atoms with E-state index in [0.29, 0.717) is 13.1 Å². The monoisotopic (exact) mass is 242 g/mol. The molecule has 1 aromatic carbocycles. The summed E-state index contributed by atoms with van der Waals surface area (Å²) in [7, 11) is 0. The summed E-state index contributed by atoms with van der Waals surface area (Å²) < 4.78 is 3.61. The number of hydrogen-bond acceptors (Lipinski definition) is 1. The normalized spacial score (nSPS) is 12.1. The van der Waals surface area contributed by atoms with Crippen LogP contribution in [-0.4, -0.2) is 9.13 Å². The lowest BCUT2D eigenvalue weighted by Gasteiger charge is -1.96. The number of imidazole rings is 1. The molecule has 0 saturated heterocycles. The second-order valence-electron chi connectivity index (χ2n) is 4.13. The van der Waals surface area contributed by atoms with Gasteiger partial charge in [0.05, 0.1) is 11.0 Å². The Kier molecular flexibility index (Phi) is 3.82. The van der Waals surface area contributed by atoms with Gasteiger partial charge in [-0.3, -0.25) is 9.13 Å². The Labute approximate surface area is 107 Å². The van der Waals surface area contributed by atoms with Gasteiger partial charge in [-0.2, -0.15) is 0 Å². The van der Waals surface area contributed by atoms with Crippen LogP contribution in [0.2, 0.25) is 0 Å². The first-order valence-corrected chi connectivity index (χ1v) is 6.20. The van der Waals surface area contributed by atoms with Gasteiger partial charge in [-0.15, -0.1) is 0 Å². The molecule has 0 N–H and O–H groups in total. The highest BCUT2D eigenvalue weighted by Gasteiger charge is 2.10. The molecule has 1 aromatic heterocycles. The lowest BCUT2D eigenvalue weighted by atomic mass is 10.3. The Bertz CT molecular complexity index is 590. The van der Waals surface area contributed by atoms with E-state index >= 15 is 0 Å². The highest BCUT2D eigenvalue weighted by atomic mass is 16.1. The van der Waals surface area contributed by atoms with E-state index in [-0.39, 0.29) is 5.69 Å². The molecule has 0 aliphatic rings. The first-order valence-electron chi connectivity index (χ1n) is 6.20. The van der Waals surface area contributed by atoms with Crippen LogP contribution < -0.4 is 5.69 Å². The molecule has 94 valence electrons. The number of allylic oxidation sites excluding steroid dienone is 4. The van der Waals surface area contributed by atoms with Gasteiger partial charge in [-0.1, -0.05) is 36.4 Å². The van der Waals surface area contributed by atoms with Crippen molar-refractivity contribution in [3.05, 3.63) is 59.1 Å².